The van der Waals surface area contributed by atoms with Crippen molar-refractivity contribution in [1.82, 2.24) is 0 Å². The molecule has 7 heteroatoms. The van der Waals surface area contributed by atoms with Crippen LogP contribution in [-0.2, 0) is 4.74 Å². The number of anilines is 1. The number of methoxy groups -OCH3 is 1. The molecule has 114 valence electrons. The summed E-state index contributed by atoms with van der Waals surface area (Å²) in [6, 6.07) is 3.87. The summed E-state index contributed by atoms with van der Waals surface area (Å²) in [5.74, 6) is -0.729. The van der Waals surface area contributed by atoms with E-state index in [4.69, 9.17) is 9.84 Å². The van der Waals surface area contributed by atoms with Gasteiger partial charge in [-0.1, -0.05) is 6.92 Å². The minimum Gasteiger partial charge on any atom is -0.478 e. The van der Waals surface area contributed by atoms with Gasteiger partial charge in [0.1, 0.15) is 5.69 Å². The van der Waals surface area contributed by atoms with Crippen molar-refractivity contribution < 1.29 is 19.6 Å². The first kappa shape index (κ1) is 15.2. The average Bonchev–Trinajstić information content (AvgIpc) is 2.47. The molecule has 21 heavy (non-hydrogen) atoms. The number of piperidine rings is 1. The van der Waals surface area contributed by atoms with E-state index in [0.29, 0.717) is 24.7 Å². The Morgan fingerprint density at radius 1 is 1.52 bits per heavy atom. The second kappa shape index (κ2) is 6.09. The van der Waals surface area contributed by atoms with E-state index in [9.17, 15) is 14.9 Å². The molecule has 1 aliphatic heterocycles. The Balaban J connectivity index is 2.38. The van der Waals surface area contributed by atoms with Crippen LogP contribution in [0.3, 0.4) is 0 Å². The fourth-order valence-corrected chi connectivity index (χ4v) is 2.62. The summed E-state index contributed by atoms with van der Waals surface area (Å²) < 4.78 is 5.41. The molecule has 0 radical (unpaired) electrons. The third kappa shape index (κ3) is 3.13. The zero-order valence-corrected chi connectivity index (χ0v) is 12.0. The molecule has 0 amide bonds. The Morgan fingerprint density at radius 2 is 2.24 bits per heavy atom. The van der Waals surface area contributed by atoms with Gasteiger partial charge in [0.2, 0.25) is 0 Å². The van der Waals surface area contributed by atoms with Gasteiger partial charge in [0.05, 0.1) is 16.6 Å². The van der Waals surface area contributed by atoms with Gasteiger partial charge in [-0.2, -0.15) is 0 Å². The number of nitrogens with zero attached hydrogens (tertiary/aromatic N) is 2. The first-order valence-electron chi connectivity index (χ1n) is 6.73. The summed E-state index contributed by atoms with van der Waals surface area (Å²) in [6.45, 7) is 3.24. The summed E-state index contributed by atoms with van der Waals surface area (Å²) in [6.07, 6.45) is 0.819. The fourth-order valence-electron chi connectivity index (χ4n) is 2.62. The van der Waals surface area contributed by atoms with Gasteiger partial charge < -0.3 is 14.7 Å². The number of benzene rings is 1. The molecule has 1 aliphatic rings. The maximum atomic E-state index is 11.2. The molecule has 0 saturated carbocycles. The van der Waals surface area contributed by atoms with Crippen LogP contribution < -0.4 is 4.90 Å². The number of nitro benzene ring substituents is 1. The summed E-state index contributed by atoms with van der Waals surface area (Å²) in [5, 5.41) is 20.2. The summed E-state index contributed by atoms with van der Waals surface area (Å²) in [4.78, 5) is 23.6. The predicted molar refractivity (Wildman–Crippen MR) is 76.8 cm³/mol. The Morgan fingerprint density at radius 3 is 2.81 bits per heavy atom. The first-order chi connectivity index (χ1) is 9.93. The average molecular weight is 294 g/mol. The van der Waals surface area contributed by atoms with E-state index in [2.05, 4.69) is 6.92 Å². The minimum absolute atomic E-state index is 0.0214. The van der Waals surface area contributed by atoms with Crippen LogP contribution in [0, 0.1) is 16.0 Å². The van der Waals surface area contributed by atoms with Gasteiger partial charge in [0.15, 0.2) is 0 Å². The standard InChI is InChI=1S/C14H18N2O5/c1-9-5-6-15(8-13(9)21-2)12-7-10(14(17)18)3-4-11(12)16(19)20/h3-4,7,9,13H,5-6,8H2,1-2H3,(H,17,18). The number of carboxylic acid groups (broad SMARTS) is 1. The number of carbonyl (C=O) groups is 1. The van der Waals surface area contributed by atoms with Gasteiger partial charge in [-0.25, -0.2) is 4.79 Å². The second-order valence-corrected chi connectivity index (χ2v) is 5.25. The molecule has 0 aromatic heterocycles. The largest absolute Gasteiger partial charge is 0.478 e. The van der Waals surface area contributed by atoms with Crippen LogP contribution in [0.15, 0.2) is 18.2 Å². The van der Waals surface area contributed by atoms with E-state index in [0.717, 1.165) is 6.42 Å². The van der Waals surface area contributed by atoms with Crippen molar-refractivity contribution in [1.29, 1.82) is 0 Å². The Bertz CT molecular complexity index is 560. The van der Waals surface area contributed by atoms with Crippen molar-refractivity contribution in [2.75, 3.05) is 25.1 Å². The van der Waals surface area contributed by atoms with E-state index in [1.54, 1.807) is 7.11 Å². The highest BCUT2D eigenvalue weighted by Crippen LogP contribution is 2.33. The van der Waals surface area contributed by atoms with Gasteiger partial charge in [-0.15, -0.1) is 0 Å². The van der Waals surface area contributed by atoms with Crippen LogP contribution in [-0.4, -0.2) is 42.3 Å². The fraction of sp³-hybridized carbons (Fsp3) is 0.500. The third-order valence-electron chi connectivity index (χ3n) is 3.95. The summed E-state index contributed by atoms with van der Waals surface area (Å²) in [7, 11) is 1.62. The second-order valence-electron chi connectivity index (χ2n) is 5.25. The molecule has 1 heterocycles. The molecule has 1 fully saturated rings. The Kier molecular flexibility index (Phi) is 4.42. The van der Waals surface area contributed by atoms with Crippen molar-refractivity contribution in [3.63, 3.8) is 0 Å². The Hall–Kier alpha value is -2.15. The molecular weight excluding hydrogens is 276 g/mol. The molecule has 1 N–H and O–H groups in total. The molecular formula is C14H18N2O5. The van der Waals surface area contributed by atoms with E-state index in [1.165, 1.54) is 18.2 Å². The van der Waals surface area contributed by atoms with Crippen molar-refractivity contribution in [3.05, 3.63) is 33.9 Å². The van der Waals surface area contributed by atoms with E-state index >= 15 is 0 Å². The van der Waals surface area contributed by atoms with Gasteiger partial charge in [-0.3, -0.25) is 10.1 Å². The zero-order chi connectivity index (χ0) is 15.6. The number of hydrogen-bond donors (Lipinski definition) is 1. The lowest BCUT2D eigenvalue weighted by Gasteiger charge is -2.37. The van der Waals surface area contributed by atoms with E-state index in [-0.39, 0.29) is 17.4 Å². The molecule has 2 unspecified atom stereocenters. The molecule has 1 aromatic rings. The topological polar surface area (TPSA) is 92.9 Å². The van der Waals surface area contributed by atoms with Gasteiger partial charge in [-0.05, 0) is 24.5 Å². The molecule has 0 aliphatic carbocycles. The summed E-state index contributed by atoms with van der Waals surface area (Å²) >= 11 is 0. The Labute approximate surface area is 122 Å². The minimum atomic E-state index is -1.10. The van der Waals surface area contributed by atoms with E-state index in [1.807, 2.05) is 4.90 Å². The molecule has 7 nitrogen and oxygen atoms in total. The number of aromatic carboxylic acids is 1. The molecule has 0 bridgehead atoms. The normalized spacial score (nSPS) is 22.1. The quantitative estimate of drug-likeness (QED) is 0.675. The van der Waals surface area contributed by atoms with Crippen LogP contribution in [0.5, 0.6) is 0 Å². The van der Waals surface area contributed by atoms with Crippen molar-refractivity contribution in [2.45, 2.75) is 19.4 Å². The molecule has 1 saturated heterocycles. The maximum Gasteiger partial charge on any atom is 0.335 e. The van der Waals surface area contributed by atoms with Crippen LogP contribution >= 0.6 is 0 Å². The lowest BCUT2D eigenvalue weighted by molar-refractivity contribution is -0.384. The molecule has 2 rings (SSSR count). The van der Waals surface area contributed by atoms with Crippen LogP contribution in [0.2, 0.25) is 0 Å². The van der Waals surface area contributed by atoms with Gasteiger partial charge in [0.25, 0.3) is 5.69 Å². The number of ether oxygens (including phenoxy) is 1. The molecule has 1 aromatic carbocycles. The van der Waals surface area contributed by atoms with Crippen molar-refractivity contribution in [3.8, 4) is 0 Å². The van der Waals surface area contributed by atoms with Crippen LogP contribution in [0.25, 0.3) is 0 Å². The smallest absolute Gasteiger partial charge is 0.335 e. The number of hydrogen-bond acceptors (Lipinski definition) is 5. The predicted octanol–water partition coefficient (Wildman–Crippen LogP) is 2.15. The van der Waals surface area contributed by atoms with Gasteiger partial charge in [0, 0.05) is 26.3 Å². The molecule has 0 spiro atoms. The zero-order valence-electron chi connectivity index (χ0n) is 12.0. The molecule has 2 atom stereocenters. The van der Waals surface area contributed by atoms with E-state index < -0.39 is 10.9 Å². The van der Waals surface area contributed by atoms with Crippen molar-refractivity contribution >= 4 is 17.3 Å². The van der Waals surface area contributed by atoms with Crippen LogP contribution in [0.4, 0.5) is 11.4 Å². The third-order valence-corrected chi connectivity index (χ3v) is 3.95. The lowest BCUT2D eigenvalue weighted by Crippen LogP contribution is -2.44. The highest BCUT2D eigenvalue weighted by molar-refractivity contribution is 5.90. The summed E-state index contributed by atoms with van der Waals surface area (Å²) in [5.41, 5.74) is 0.307. The number of carboxylic acids is 1. The number of nitro groups is 1. The lowest BCUT2D eigenvalue weighted by atomic mass is 9.95. The first-order valence-corrected chi connectivity index (χ1v) is 6.73. The monoisotopic (exact) mass is 294 g/mol. The maximum absolute atomic E-state index is 11.2. The highest BCUT2D eigenvalue weighted by Gasteiger charge is 2.30. The van der Waals surface area contributed by atoms with Crippen LogP contribution in [0.1, 0.15) is 23.7 Å². The van der Waals surface area contributed by atoms with Gasteiger partial charge >= 0.3 is 5.97 Å². The number of rotatable bonds is 4. The van der Waals surface area contributed by atoms with Crippen molar-refractivity contribution in [2.24, 2.45) is 5.92 Å². The highest BCUT2D eigenvalue weighted by atomic mass is 16.6. The SMILES string of the molecule is COC1CN(c2cc(C(=O)O)ccc2[N+](=O)[O-])CCC1C.